The summed E-state index contributed by atoms with van der Waals surface area (Å²) in [6, 6.07) is 31.1. The lowest BCUT2D eigenvalue weighted by molar-refractivity contribution is -0.152. The third kappa shape index (κ3) is 21.2. The number of tetrazole rings is 2. The Morgan fingerprint density at radius 3 is 1.12 bits per heavy atom. The number of benzene rings is 4. The molecule has 0 atom stereocenters. The van der Waals surface area contributed by atoms with Crippen molar-refractivity contribution in [3.05, 3.63) is 214 Å². The maximum absolute atomic E-state index is 14.2. The Kier molecular flexibility index (Phi) is 27.9. The zero-order valence-electron chi connectivity index (χ0n) is 86.2. The van der Waals surface area contributed by atoms with E-state index < -0.39 is 33.4 Å². The summed E-state index contributed by atoms with van der Waals surface area (Å²) in [5, 5.41) is 62.1. The van der Waals surface area contributed by atoms with E-state index in [1.54, 1.807) is 154 Å². The number of aromatic nitrogens is 20. The quantitative estimate of drug-likeness (QED) is 0.0955. The van der Waals surface area contributed by atoms with E-state index in [0.717, 1.165) is 33.4 Å². The SMILES string of the molecule is CC(C)c1cc(-c2cccc(F)c2)nn2cc(C(=O)N3CCN(C(=O)C(C)(C)O)CC3(C)C)nc12.Cc1ccc(-c2cc(C(C)C)c3nc(C(=O)N4CCN(C(=O)C(C)(C)O)CC4(C)C)cn3n2)cc1F.Cn1nnc(N2CCN(C(=O)c3cn4nc(-c5ccc(F)cc5)cc(C(C)(C)C)c4n3)C(C)(C)C2=O)n1.Cn1nnnc1N1CCN(C(=O)c2cn3nc(-c4ccc(F)cc4)cc(C(C)(C)C)c3n2)C(C)(C)C1=O. The summed E-state index contributed by atoms with van der Waals surface area (Å²) in [4.78, 5) is 139. The lowest BCUT2D eigenvalue weighted by atomic mass is 9.87. The van der Waals surface area contributed by atoms with Crippen LogP contribution in [0.1, 0.15) is 234 Å². The van der Waals surface area contributed by atoms with Gasteiger partial charge in [-0.25, -0.2) is 60.2 Å². The molecule has 4 fully saturated rings. The number of rotatable bonds is 14. The first-order valence-electron chi connectivity index (χ1n) is 47.8. The van der Waals surface area contributed by atoms with Crippen molar-refractivity contribution in [2.45, 2.75) is 215 Å². The molecule has 4 aliphatic heterocycles. The van der Waals surface area contributed by atoms with Crippen LogP contribution in [0.2, 0.25) is 0 Å². The maximum Gasteiger partial charge on any atom is 0.275 e. The van der Waals surface area contributed by atoms with Crippen LogP contribution in [0.4, 0.5) is 29.5 Å². The highest BCUT2D eigenvalue weighted by atomic mass is 19.1. The Hall–Kier alpha value is -15.1. The smallest absolute Gasteiger partial charge is 0.275 e. The Labute approximate surface area is 835 Å². The van der Waals surface area contributed by atoms with Crippen LogP contribution in [-0.2, 0) is 44.1 Å². The molecule has 762 valence electrons. The van der Waals surface area contributed by atoms with Gasteiger partial charge in [0.05, 0.1) is 65.7 Å². The molecule has 0 unspecified atom stereocenters. The number of aliphatic hydroxyl groups is 2. The van der Waals surface area contributed by atoms with Crippen LogP contribution < -0.4 is 9.80 Å². The van der Waals surface area contributed by atoms with Gasteiger partial charge >= 0.3 is 0 Å². The molecule has 0 spiro atoms. The van der Waals surface area contributed by atoms with E-state index in [1.165, 1.54) is 99.2 Å². The van der Waals surface area contributed by atoms with Gasteiger partial charge in [0.1, 0.15) is 68.3 Å². The van der Waals surface area contributed by atoms with Crippen LogP contribution in [0, 0.1) is 30.2 Å². The molecular formula is C103H122F4N28O10. The van der Waals surface area contributed by atoms with Crippen molar-refractivity contribution in [2.24, 2.45) is 14.1 Å². The number of hydrogen-bond acceptors (Lipinski definition) is 24. The van der Waals surface area contributed by atoms with Gasteiger partial charge in [-0.15, -0.1) is 5.10 Å². The predicted molar refractivity (Wildman–Crippen MR) is 532 cm³/mol. The molecule has 0 radical (unpaired) electrons. The molecule has 42 heteroatoms. The van der Waals surface area contributed by atoms with Crippen molar-refractivity contribution in [2.75, 3.05) is 75.2 Å². The lowest BCUT2D eigenvalue weighted by Gasteiger charge is -2.47. The largest absolute Gasteiger partial charge is 0.381 e. The minimum Gasteiger partial charge on any atom is -0.381 e. The average Bonchev–Trinajstić information content (AvgIpc) is 1.59. The fraction of sp³-hybridized carbons (Fsp3) is 0.437. The first-order chi connectivity index (χ1) is 67.7. The number of aryl methyl sites for hydroxylation is 3. The highest BCUT2D eigenvalue weighted by molar-refractivity contribution is 6.06. The maximum atomic E-state index is 14.2. The topological polar surface area (TPSA) is 411 Å². The van der Waals surface area contributed by atoms with E-state index in [0.29, 0.717) is 107 Å². The summed E-state index contributed by atoms with van der Waals surface area (Å²) in [6.45, 7) is 45.3. The monoisotopic (exact) mass is 1990 g/mol. The van der Waals surface area contributed by atoms with Crippen molar-refractivity contribution < 1.29 is 66.1 Å². The van der Waals surface area contributed by atoms with Crippen molar-refractivity contribution in [1.29, 1.82) is 0 Å². The fourth-order valence-corrected chi connectivity index (χ4v) is 18.2. The highest BCUT2D eigenvalue weighted by Crippen LogP contribution is 2.39. The second kappa shape index (κ2) is 38.9. The van der Waals surface area contributed by atoms with Crippen LogP contribution in [0.25, 0.3) is 67.6 Å². The van der Waals surface area contributed by atoms with E-state index in [4.69, 9.17) is 0 Å². The van der Waals surface area contributed by atoms with Crippen LogP contribution in [0.5, 0.6) is 0 Å². The zero-order chi connectivity index (χ0) is 106. The number of halogens is 4. The van der Waals surface area contributed by atoms with Crippen molar-refractivity contribution in [3.8, 4) is 45.0 Å². The van der Waals surface area contributed by atoms with Gasteiger partial charge in [-0.1, -0.05) is 104 Å². The normalized spacial score (nSPS) is 16.1. The Bertz CT molecular complexity index is 7390. The first-order valence-corrected chi connectivity index (χ1v) is 47.8. The second-order valence-corrected chi connectivity index (χ2v) is 43.0. The summed E-state index contributed by atoms with van der Waals surface area (Å²) in [7, 11) is 3.28. The number of amides is 8. The molecule has 0 saturated carbocycles. The third-order valence-electron chi connectivity index (χ3n) is 26.3. The summed E-state index contributed by atoms with van der Waals surface area (Å²) < 4.78 is 62.8. The molecule has 0 bridgehead atoms. The van der Waals surface area contributed by atoms with Gasteiger partial charge in [-0.3, -0.25) is 48.2 Å². The number of hydrogen-bond donors (Lipinski definition) is 2. The summed E-state index contributed by atoms with van der Waals surface area (Å²) in [5.41, 5.74) is 5.32. The Balaban J connectivity index is 0.000000145. The van der Waals surface area contributed by atoms with Crippen LogP contribution >= 0.6 is 0 Å². The predicted octanol–water partition coefficient (Wildman–Crippen LogP) is 12.5. The molecule has 4 aromatic carbocycles. The molecule has 14 aromatic rings. The van der Waals surface area contributed by atoms with Crippen LogP contribution in [-0.4, -0.2) is 284 Å². The standard InChI is InChI=1S/C27H34FN5O3.C26H32FN5O3.2C25H28FN9O2/c1-16(2)19-13-21(18-9-8-17(3)20(28)12-18)30-33-14-22(29-23(19)33)24(34)32-11-10-31(15-26(32,4)5)25(35)27(6,7)36;1-16(2)19-13-20(17-8-7-9-18(27)12-17)29-32-14-21(28-22(19)32)23(33)31-11-10-30(15-25(31,3)4)24(34)26(5,6)35;1-24(2,3)17-13-18(15-7-9-16(26)10-8-15)29-35-14-19(27-20(17)35)21(36)34-12-11-33(22(37)25(34,4)5)23-28-30-31-32(23)6;1-24(2,3)17-13-18(15-7-9-16(26)10-8-15)29-35-14-19(27-20(17)35)21(36)34-12-11-33(22(37)25(34,4)5)23-28-31-32(6)30-23/h8-9,12-14,16,36H,10-11,15H2,1-7H3;7-9,12-14,16,35H,10-11,15H2,1-6H3;2*7-10,13-14H,11-12H2,1-6H3. The number of fused-ring (bicyclic) bond motifs is 4. The minimum atomic E-state index is -1.47. The van der Waals surface area contributed by atoms with E-state index in [1.807, 2.05) is 85.7 Å². The first kappa shape index (κ1) is 104. The lowest BCUT2D eigenvalue weighted by Crippen LogP contribution is -2.65. The van der Waals surface area contributed by atoms with Gasteiger partial charge in [0.15, 0.2) is 22.6 Å². The number of imidazole rings is 4. The number of anilines is 2. The fourth-order valence-electron chi connectivity index (χ4n) is 18.2. The van der Waals surface area contributed by atoms with Crippen molar-refractivity contribution in [1.82, 2.24) is 128 Å². The molecule has 10 aromatic heterocycles. The van der Waals surface area contributed by atoms with Gasteiger partial charge < -0.3 is 39.6 Å². The molecule has 4 aliphatic rings. The molecule has 38 nitrogen and oxygen atoms in total. The van der Waals surface area contributed by atoms with E-state index in [9.17, 15) is 66.1 Å². The minimum absolute atomic E-state index is 0.0998. The van der Waals surface area contributed by atoms with Crippen LogP contribution in [0.3, 0.4) is 0 Å². The summed E-state index contributed by atoms with van der Waals surface area (Å²) >= 11 is 0. The van der Waals surface area contributed by atoms with Gasteiger partial charge in [0, 0.05) is 117 Å². The zero-order valence-corrected chi connectivity index (χ0v) is 86.2. The molecule has 2 N–H and O–H groups in total. The highest BCUT2D eigenvalue weighted by Gasteiger charge is 2.50. The molecule has 4 saturated heterocycles. The molecule has 14 heterocycles. The molecule has 145 heavy (non-hydrogen) atoms. The Morgan fingerprint density at radius 1 is 0.400 bits per heavy atom. The number of piperazine rings is 4. The third-order valence-corrected chi connectivity index (χ3v) is 26.3. The Morgan fingerprint density at radius 2 is 0.766 bits per heavy atom. The van der Waals surface area contributed by atoms with Gasteiger partial charge in [-0.05, 0) is 225 Å². The number of carbonyl (C=O) groups excluding carboxylic acids is 8. The summed E-state index contributed by atoms with van der Waals surface area (Å²) in [5.74, 6) is -3.15. The summed E-state index contributed by atoms with van der Waals surface area (Å²) in [6.07, 6.45) is 6.38. The molecule has 8 amide bonds. The van der Waals surface area contributed by atoms with E-state index >= 15 is 0 Å². The molecular weight excluding hydrogens is 1870 g/mol. The van der Waals surface area contributed by atoms with Gasteiger partial charge in [0.25, 0.3) is 59.2 Å². The second-order valence-electron chi connectivity index (χ2n) is 43.0. The van der Waals surface area contributed by atoms with Crippen molar-refractivity contribution in [3.63, 3.8) is 0 Å². The van der Waals surface area contributed by atoms with Gasteiger partial charge in [0.2, 0.25) is 0 Å². The van der Waals surface area contributed by atoms with Gasteiger partial charge in [-0.2, -0.15) is 25.2 Å². The van der Waals surface area contributed by atoms with Crippen molar-refractivity contribution >= 4 is 81.7 Å². The average molecular weight is 1990 g/mol. The van der Waals surface area contributed by atoms with Crippen LogP contribution in [0.15, 0.2) is 140 Å². The van der Waals surface area contributed by atoms with E-state index in [-0.39, 0.29) is 148 Å². The molecule has 0 aliphatic carbocycles. The number of carbonyl (C=O) groups is 8. The molecule has 18 rings (SSSR count). The number of nitrogens with zero attached hydrogens (tertiary/aromatic N) is 28. The van der Waals surface area contributed by atoms with E-state index in [2.05, 4.69) is 113 Å².